The number of nitriles is 1. The first-order valence-electron chi connectivity index (χ1n) is 5.42. The Balaban J connectivity index is 2.48. The summed E-state index contributed by atoms with van der Waals surface area (Å²) >= 11 is 0. The van der Waals surface area contributed by atoms with Gasteiger partial charge in [-0.05, 0) is 18.1 Å². The summed E-state index contributed by atoms with van der Waals surface area (Å²) in [5, 5.41) is 8.79. The number of nitrogens with zero attached hydrogens (tertiary/aromatic N) is 2. The quantitative estimate of drug-likeness (QED) is 0.769. The molecule has 1 heterocycles. The molecule has 1 atom stereocenters. The Morgan fingerprint density at radius 1 is 1.31 bits per heavy atom. The summed E-state index contributed by atoms with van der Waals surface area (Å²) in [5.41, 5.74) is 2.12. The van der Waals surface area contributed by atoms with Crippen LogP contribution >= 0.6 is 0 Å². The van der Waals surface area contributed by atoms with E-state index in [9.17, 15) is 0 Å². The minimum atomic E-state index is 0.290. The number of rotatable bonds is 2. The fourth-order valence-corrected chi connectivity index (χ4v) is 1.49. The average Bonchev–Trinajstić information content (AvgIpc) is 2.69. The van der Waals surface area contributed by atoms with Gasteiger partial charge in [0.2, 0.25) is 0 Å². The fraction of sp³-hybridized carbons (Fsp3) is 0.385. The predicted molar refractivity (Wildman–Crippen MR) is 62.0 cm³/mol. The van der Waals surface area contributed by atoms with Gasteiger partial charge in [0.15, 0.2) is 11.5 Å². The van der Waals surface area contributed by atoms with Crippen LogP contribution in [0.2, 0.25) is 0 Å². The number of fused-ring (bicyclic) bond motifs is 1. The first-order valence-corrected chi connectivity index (χ1v) is 5.42. The van der Waals surface area contributed by atoms with Gasteiger partial charge in [-0.3, -0.25) is 0 Å². The van der Waals surface area contributed by atoms with Crippen molar-refractivity contribution in [2.24, 2.45) is 5.92 Å². The van der Waals surface area contributed by atoms with E-state index < -0.39 is 0 Å². The van der Waals surface area contributed by atoms with Crippen molar-refractivity contribution in [3.8, 4) is 6.07 Å². The maximum absolute atomic E-state index is 8.79. The Hall–Kier alpha value is -1.82. The third-order valence-corrected chi connectivity index (χ3v) is 2.92. The smallest absolute Gasteiger partial charge is 0.198 e. The molecule has 3 heteroatoms. The van der Waals surface area contributed by atoms with Gasteiger partial charge < -0.3 is 4.42 Å². The van der Waals surface area contributed by atoms with Crippen LogP contribution in [-0.4, -0.2) is 4.98 Å². The van der Waals surface area contributed by atoms with Crippen LogP contribution in [0.15, 0.2) is 22.6 Å². The monoisotopic (exact) mass is 214 g/mol. The standard InChI is InChI=1S/C13H14N2O/c1-8(2)9(3)13-15-11-5-4-10(7-14)6-12(11)16-13/h4-6,8-9H,1-3H3. The van der Waals surface area contributed by atoms with Crippen molar-refractivity contribution in [2.75, 3.05) is 0 Å². The molecule has 0 fully saturated rings. The van der Waals surface area contributed by atoms with Gasteiger partial charge in [0.25, 0.3) is 0 Å². The van der Waals surface area contributed by atoms with Crippen molar-refractivity contribution in [1.29, 1.82) is 5.26 Å². The molecule has 2 rings (SSSR count). The Morgan fingerprint density at radius 2 is 2.06 bits per heavy atom. The molecular weight excluding hydrogens is 200 g/mol. The van der Waals surface area contributed by atoms with E-state index in [-0.39, 0.29) is 5.92 Å². The second-order valence-corrected chi connectivity index (χ2v) is 4.38. The van der Waals surface area contributed by atoms with Gasteiger partial charge in [0.1, 0.15) is 5.52 Å². The van der Waals surface area contributed by atoms with Crippen LogP contribution in [0.25, 0.3) is 11.1 Å². The van der Waals surface area contributed by atoms with Gasteiger partial charge in [-0.1, -0.05) is 20.8 Å². The summed E-state index contributed by atoms with van der Waals surface area (Å²) in [6, 6.07) is 7.41. The maximum atomic E-state index is 8.79. The lowest BCUT2D eigenvalue weighted by atomic mass is 9.98. The highest BCUT2D eigenvalue weighted by atomic mass is 16.3. The van der Waals surface area contributed by atoms with Crippen LogP contribution in [0, 0.1) is 17.2 Å². The highest BCUT2D eigenvalue weighted by Crippen LogP contribution is 2.26. The van der Waals surface area contributed by atoms with Gasteiger partial charge in [0.05, 0.1) is 11.6 Å². The van der Waals surface area contributed by atoms with E-state index in [1.165, 1.54) is 0 Å². The van der Waals surface area contributed by atoms with E-state index in [0.717, 1.165) is 11.4 Å². The van der Waals surface area contributed by atoms with E-state index in [1.54, 1.807) is 12.1 Å². The molecule has 0 aliphatic carbocycles. The lowest BCUT2D eigenvalue weighted by molar-refractivity contribution is 0.416. The molecule has 3 nitrogen and oxygen atoms in total. The molecule has 1 aromatic carbocycles. The maximum Gasteiger partial charge on any atom is 0.198 e. The second-order valence-electron chi connectivity index (χ2n) is 4.38. The predicted octanol–water partition coefficient (Wildman–Crippen LogP) is 3.46. The Labute approximate surface area is 94.7 Å². The Morgan fingerprint density at radius 3 is 2.69 bits per heavy atom. The normalized spacial score (nSPS) is 12.9. The first kappa shape index (κ1) is 10.7. The molecule has 82 valence electrons. The highest BCUT2D eigenvalue weighted by molar-refractivity contribution is 5.74. The van der Waals surface area contributed by atoms with Crippen LogP contribution in [0.4, 0.5) is 0 Å². The van der Waals surface area contributed by atoms with Gasteiger partial charge in [-0.2, -0.15) is 5.26 Å². The van der Waals surface area contributed by atoms with Crippen molar-refractivity contribution >= 4 is 11.1 Å². The molecule has 2 aromatic rings. The molecule has 0 saturated heterocycles. The second kappa shape index (κ2) is 3.97. The van der Waals surface area contributed by atoms with Gasteiger partial charge in [-0.15, -0.1) is 0 Å². The third-order valence-electron chi connectivity index (χ3n) is 2.92. The zero-order valence-electron chi connectivity index (χ0n) is 9.69. The number of oxazole rings is 1. The Bertz CT molecular complexity index is 549. The molecule has 1 unspecified atom stereocenters. The summed E-state index contributed by atoms with van der Waals surface area (Å²) in [7, 11) is 0. The summed E-state index contributed by atoms with van der Waals surface area (Å²) in [5.74, 6) is 1.53. The summed E-state index contributed by atoms with van der Waals surface area (Å²) in [6.07, 6.45) is 0. The fourth-order valence-electron chi connectivity index (χ4n) is 1.49. The zero-order chi connectivity index (χ0) is 11.7. The molecule has 0 aliphatic rings. The molecule has 0 N–H and O–H groups in total. The molecule has 0 saturated carbocycles. The molecule has 0 spiro atoms. The highest BCUT2D eigenvalue weighted by Gasteiger charge is 2.16. The lowest BCUT2D eigenvalue weighted by Gasteiger charge is -2.09. The third kappa shape index (κ3) is 1.79. The summed E-state index contributed by atoms with van der Waals surface area (Å²) < 4.78 is 5.67. The lowest BCUT2D eigenvalue weighted by Crippen LogP contribution is -2.01. The molecule has 1 aromatic heterocycles. The first-order chi connectivity index (χ1) is 7.61. The van der Waals surface area contributed by atoms with E-state index >= 15 is 0 Å². The number of aromatic nitrogens is 1. The van der Waals surface area contributed by atoms with Crippen molar-refractivity contribution in [3.05, 3.63) is 29.7 Å². The van der Waals surface area contributed by atoms with Gasteiger partial charge in [0, 0.05) is 12.0 Å². The molecule has 0 aliphatic heterocycles. The summed E-state index contributed by atoms with van der Waals surface area (Å²) in [4.78, 5) is 4.43. The van der Waals surface area contributed by atoms with Crippen LogP contribution in [0.1, 0.15) is 38.1 Å². The average molecular weight is 214 g/mol. The van der Waals surface area contributed by atoms with E-state index in [4.69, 9.17) is 9.68 Å². The van der Waals surface area contributed by atoms with Gasteiger partial charge in [-0.25, -0.2) is 4.98 Å². The van der Waals surface area contributed by atoms with Crippen molar-refractivity contribution in [3.63, 3.8) is 0 Å². The van der Waals surface area contributed by atoms with Crippen molar-refractivity contribution in [2.45, 2.75) is 26.7 Å². The molecule has 0 bridgehead atoms. The number of hydrogen-bond donors (Lipinski definition) is 0. The van der Waals surface area contributed by atoms with Crippen LogP contribution in [-0.2, 0) is 0 Å². The topological polar surface area (TPSA) is 49.8 Å². The van der Waals surface area contributed by atoms with Crippen molar-refractivity contribution in [1.82, 2.24) is 4.98 Å². The van der Waals surface area contributed by atoms with Crippen LogP contribution < -0.4 is 0 Å². The molecular formula is C13H14N2O. The molecule has 16 heavy (non-hydrogen) atoms. The molecule has 0 amide bonds. The minimum Gasteiger partial charge on any atom is -0.440 e. The minimum absolute atomic E-state index is 0.290. The number of benzene rings is 1. The number of hydrogen-bond acceptors (Lipinski definition) is 3. The SMILES string of the molecule is CC(C)C(C)c1nc2ccc(C#N)cc2o1. The van der Waals surface area contributed by atoms with Gasteiger partial charge >= 0.3 is 0 Å². The van der Waals surface area contributed by atoms with E-state index in [0.29, 0.717) is 17.1 Å². The van der Waals surface area contributed by atoms with E-state index in [1.807, 2.05) is 6.07 Å². The Kier molecular flexibility index (Phi) is 2.66. The summed E-state index contributed by atoms with van der Waals surface area (Å²) in [6.45, 7) is 6.38. The van der Waals surface area contributed by atoms with Crippen LogP contribution in [0.5, 0.6) is 0 Å². The van der Waals surface area contributed by atoms with E-state index in [2.05, 4.69) is 31.8 Å². The largest absolute Gasteiger partial charge is 0.440 e. The van der Waals surface area contributed by atoms with Crippen molar-refractivity contribution < 1.29 is 4.42 Å². The zero-order valence-corrected chi connectivity index (χ0v) is 9.69. The van der Waals surface area contributed by atoms with Crippen LogP contribution in [0.3, 0.4) is 0 Å². The molecule has 0 radical (unpaired) electrons.